The lowest BCUT2D eigenvalue weighted by Crippen LogP contribution is -2.37. The van der Waals surface area contributed by atoms with E-state index in [4.69, 9.17) is 15.4 Å². The molecule has 1 aliphatic rings. The summed E-state index contributed by atoms with van der Waals surface area (Å²) in [5.74, 6) is 0.846. The lowest BCUT2D eigenvalue weighted by atomic mass is 9.76. The molecule has 0 aliphatic heterocycles. The van der Waals surface area contributed by atoms with Gasteiger partial charge < -0.3 is 4.74 Å². The summed E-state index contributed by atoms with van der Waals surface area (Å²) in [7, 11) is 2.00. The third-order valence-electron chi connectivity index (χ3n) is 4.27. The lowest BCUT2D eigenvalue weighted by molar-refractivity contribution is 0.118. The van der Waals surface area contributed by atoms with Crippen molar-refractivity contribution in [3.05, 3.63) is 29.3 Å². The van der Waals surface area contributed by atoms with Gasteiger partial charge in [-0.1, -0.05) is 31.4 Å². The van der Waals surface area contributed by atoms with Crippen LogP contribution < -0.4 is 4.74 Å². The minimum Gasteiger partial charge on any atom is -0.493 e. The van der Waals surface area contributed by atoms with Gasteiger partial charge in [0.05, 0.1) is 12.4 Å². The molecule has 3 nitrogen and oxygen atoms in total. The minimum atomic E-state index is -3.51. The fraction of sp³-hybridized carbons (Fsp3) is 0.625. The third-order valence-corrected chi connectivity index (χ3v) is 5.55. The molecule has 0 N–H and O–H groups in total. The van der Waals surface area contributed by atoms with Crippen LogP contribution >= 0.6 is 10.7 Å². The molecule has 21 heavy (non-hydrogen) atoms. The van der Waals surface area contributed by atoms with Crippen LogP contribution in [0.3, 0.4) is 0 Å². The van der Waals surface area contributed by atoms with E-state index in [1.807, 2.05) is 32.0 Å². The van der Waals surface area contributed by atoms with E-state index in [1.165, 1.54) is 0 Å². The number of hydrogen-bond acceptors (Lipinski definition) is 3. The van der Waals surface area contributed by atoms with Crippen molar-refractivity contribution in [3.8, 4) is 5.75 Å². The summed E-state index contributed by atoms with van der Waals surface area (Å²) in [6, 6.07) is 6.07. The first-order valence-corrected chi connectivity index (χ1v) is 9.90. The fourth-order valence-corrected chi connectivity index (χ4v) is 4.89. The molecule has 1 saturated carbocycles. The highest BCUT2D eigenvalue weighted by Gasteiger charge is 2.37. The van der Waals surface area contributed by atoms with Crippen LogP contribution in [0.2, 0.25) is 0 Å². The van der Waals surface area contributed by atoms with Gasteiger partial charge in [0.1, 0.15) is 5.75 Å². The van der Waals surface area contributed by atoms with E-state index >= 15 is 0 Å². The van der Waals surface area contributed by atoms with E-state index in [-0.39, 0.29) is 11.2 Å². The van der Waals surface area contributed by atoms with Crippen LogP contribution in [-0.4, -0.2) is 20.8 Å². The van der Waals surface area contributed by atoms with Crippen molar-refractivity contribution < 1.29 is 13.2 Å². The second-order valence-corrected chi connectivity index (χ2v) is 9.08. The summed E-state index contributed by atoms with van der Waals surface area (Å²) in [6.45, 7) is 4.44. The van der Waals surface area contributed by atoms with Gasteiger partial charge in [-0.3, -0.25) is 0 Å². The topological polar surface area (TPSA) is 43.4 Å². The standard InChI is InChI=1S/C16H23ClO3S/c1-13-6-7-14(2)15(10-13)20-11-16(12-21(17,18)19)8-4-3-5-9-16/h6-7,10H,3-5,8-9,11-12H2,1-2H3. The highest BCUT2D eigenvalue weighted by molar-refractivity contribution is 8.13. The van der Waals surface area contributed by atoms with Gasteiger partial charge in [0, 0.05) is 16.1 Å². The van der Waals surface area contributed by atoms with Crippen LogP contribution in [0.1, 0.15) is 43.2 Å². The normalized spacial score (nSPS) is 18.4. The van der Waals surface area contributed by atoms with E-state index in [1.54, 1.807) is 0 Å². The smallest absolute Gasteiger partial charge is 0.233 e. The average Bonchev–Trinajstić information content (AvgIpc) is 2.39. The lowest BCUT2D eigenvalue weighted by Gasteiger charge is -2.36. The van der Waals surface area contributed by atoms with E-state index in [9.17, 15) is 8.42 Å². The second-order valence-electron chi connectivity index (χ2n) is 6.30. The molecule has 0 aromatic heterocycles. The number of aryl methyl sites for hydroxylation is 2. The molecule has 0 bridgehead atoms. The van der Waals surface area contributed by atoms with Crippen LogP contribution in [0.15, 0.2) is 18.2 Å². The number of rotatable bonds is 5. The first kappa shape index (κ1) is 16.6. The quantitative estimate of drug-likeness (QED) is 0.760. The van der Waals surface area contributed by atoms with Crippen LogP contribution in [-0.2, 0) is 9.05 Å². The van der Waals surface area contributed by atoms with E-state index < -0.39 is 9.05 Å². The fourth-order valence-electron chi connectivity index (χ4n) is 3.09. The van der Waals surface area contributed by atoms with Crippen LogP contribution in [0, 0.1) is 19.3 Å². The highest BCUT2D eigenvalue weighted by atomic mass is 35.7. The summed E-state index contributed by atoms with van der Waals surface area (Å²) >= 11 is 0. The Balaban J connectivity index is 2.14. The molecule has 0 saturated heterocycles. The van der Waals surface area contributed by atoms with Gasteiger partial charge in [-0.05, 0) is 43.9 Å². The van der Waals surface area contributed by atoms with Gasteiger partial charge >= 0.3 is 0 Å². The maximum Gasteiger partial charge on any atom is 0.233 e. The van der Waals surface area contributed by atoms with Gasteiger partial charge in [-0.15, -0.1) is 0 Å². The Morgan fingerprint density at radius 1 is 1.19 bits per heavy atom. The molecule has 5 heteroatoms. The Kier molecular flexibility index (Phi) is 5.20. The van der Waals surface area contributed by atoms with Crippen molar-refractivity contribution in [2.24, 2.45) is 5.41 Å². The first-order chi connectivity index (χ1) is 9.80. The molecule has 0 amide bonds. The average molecular weight is 331 g/mol. The summed E-state index contributed by atoms with van der Waals surface area (Å²) in [6.07, 6.45) is 4.98. The highest BCUT2D eigenvalue weighted by Crippen LogP contribution is 2.39. The van der Waals surface area contributed by atoms with Gasteiger partial charge in [-0.25, -0.2) is 8.42 Å². The van der Waals surface area contributed by atoms with E-state index in [0.717, 1.165) is 49.0 Å². The molecular formula is C16H23ClO3S. The number of halogens is 1. The van der Waals surface area contributed by atoms with Gasteiger partial charge in [0.25, 0.3) is 0 Å². The molecule has 2 rings (SSSR count). The molecule has 1 aliphatic carbocycles. The molecule has 1 fully saturated rings. The summed E-state index contributed by atoms with van der Waals surface area (Å²) in [4.78, 5) is 0. The molecule has 1 aromatic carbocycles. The zero-order chi connectivity index (χ0) is 15.5. The molecular weight excluding hydrogens is 308 g/mol. The van der Waals surface area contributed by atoms with Gasteiger partial charge in [0.15, 0.2) is 0 Å². The van der Waals surface area contributed by atoms with Crippen LogP contribution in [0.5, 0.6) is 5.75 Å². The third kappa shape index (κ3) is 4.89. The molecule has 1 aromatic rings. The Morgan fingerprint density at radius 2 is 1.86 bits per heavy atom. The molecule has 0 heterocycles. The predicted octanol–water partition coefficient (Wildman–Crippen LogP) is 4.20. The van der Waals surface area contributed by atoms with E-state index in [0.29, 0.717) is 6.61 Å². The van der Waals surface area contributed by atoms with Crippen LogP contribution in [0.25, 0.3) is 0 Å². The van der Waals surface area contributed by atoms with Gasteiger partial charge in [-0.2, -0.15) is 0 Å². The summed E-state index contributed by atoms with van der Waals surface area (Å²) in [5, 5.41) is 0. The maximum absolute atomic E-state index is 11.5. The van der Waals surface area contributed by atoms with Crippen molar-refractivity contribution in [2.75, 3.05) is 12.4 Å². The maximum atomic E-state index is 11.5. The number of benzene rings is 1. The Hall–Kier alpha value is -0.740. The van der Waals surface area contributed by atoms with Crippen LogP contribution in [0.4, 0.5) is 0 Å². The minimum absolute atomic E-state index is 0.00637. The zero-order valence-corrected chi connectivity index (χ0v) is 14.3. The molecule has 0 radical (unpaired) electrons. The SMILES string of the molecule is Cc1ccc(C)c(OCC2(CS(=O)(=O)Cl)CCCCC2)c1. The Morgan fingerprint density at radius 3 is 2.48 bits per heavy atom. The monoisotopic (exact) mass is 330 g/mol. The van der Waals surface area contributed by atoms with Crippen molar-refractivity contribution in [3.63, 3.8) is 0 Å². The number of ether oxygens (including phenoxy) is 1. The molecule has 0 spiro atoms. The zero-order valence-electron chi connectivity index (χ0n) is 12.7. The Labute approximate surface area is 132 Å². The van der Waals surface area contributed by atoms with E-state index in [2.05, 4.69) is 0 Å². The second kappa shape index (κ2) is 6.57. The Bertz CT molecular complexity index is 590. The van der Waals surface area contributed by atoms with Crippen molar-refractivity contribution >= 4 is 19.7 Å². The van der Waals surface area contributed by atoms with Crippen molar-refractivity contribution in [1.29, 1.82) is 0 Å². The van der Waals surface area contributed by atoms with Gasteiger partial charge in [0.2, 0.25) is 9.05 Å². The largest absolute Gasteiger partial charge is 0.493 e. The first-order valence-electron chi connectivity index (χ1n) is 7.42. The number of hydrogen-bond donors (Lipinski definition) is 0. The van der Waals surface area contributed by atoms with Crippen molar-refractivity contribution in [2.45, 2.75) is 46.0 Å². The predicted molar refractivity (Wildman–Crippen MR) is 86.6 cm³/mol. The molecule has 0 atom stereocenters. The molecule has 0 unspecified atom stereocenters. The summed E-state index contributed by atoms with van der Waals surface area (Å²) < 4.78 is 29.1. The summed E-state index contributed by atoms with van der Waals surface area (Å²) in [5.41, 5.74) is 1.87. The van der Waals surface area contributed by atoms with Crippen molar-refractivity contribution in [1.82, 2.24) is 0 Å². The molecule has 118 valence electrons.